The monoisotopic (exact) mass is 329 g/mol. The Kier molecular flexibility index (Phi) is 4.41. The van der Waals surface area contributed by atoms with E-state index in [-0.39, 0.29) is 12.0 Å². The Morgan fingerprint density at radius 2 is 2.10 bits per heavy atom. The lowest BCUT2D eigenvalue weighted by molar-refractivity contribution is -0.161. The van der Waals surface area contributed by atoms with Crippen LogP contribution in [-0.4, -0.2) is 30.9 Å². The number of ether oxygens (including phenoxy) is 2. The van der Waals surface area contributed by atoms with Crippen LogP contribution in [0.15, 0.2) is 18.2 Å². The SMILES string of the molecule is O=C(NC[C@H]1COC2(CCCC2)O1)c1cc(Cl)ccc1Cl. The molecule has 2 fully saturated rings. The van der Waals surface area contributed by atoms with Gasteiger partial charge in [0.25, 0.3) is 5.91 Å². The third kappa shape index (κ3) is 3.34. The molecule has 1 aliphatic heterocycles. The molecule has 0 unspecified atom stereocenters. The standard InChI is InChI=1S/C15H17Cl2NO3/c16-10-3-4-13(17)12(7-10)14(19)18-8-11-9-20-15(21-11)5-1-2-6-15/h3-4,7,11H,1-2,5-6,8-9H2,(H,18,19)/t11-/m0/s1. The van der Waals surface area contributed by atoms with Crippen LogP contribution in [0.25, 0.3) is 0 Å². The summed E-state index contributed by atoms with van der Waals surface area (Å²) in [7, 11) is 0. The van der Waals surface area contributed by atoms with E-state index >= 15 is 0 Å². The fourth-order valence-electron chi connectivity index (χ4n) is 2.87. The predicted molar refractivity (Wildman–Crippen MR) is 80.8 cm³/mol. The Morgan fingerprint density at radius 1 is 1.33 bits per heavy atom. The molecule has 1 saturated heterocycles. The maximum absolute atomic E-state index is 12.1. The van der Waals surface area contributed by atoms with E-state index in [0.717, 1.165) is 25.7 Å². The normalized spacial score (nSPS) is 23.6. The Labute approximate surface area is 133 Å². The van der Waals surface area contributed by atoms with Gasteiger partial charge in [0.1, 0.15) is 6.10 Å². The molecule has 6 heteroatoms. The van der Waals surface area contributed by atoms with Gasteiger partial charge in [0, 0.05) is 24.4 Å². The van der Waals surface area contributed by atoms with Gasteiger partial charge in [-0.1, -0.05) is 23.2 Å². The van der Waals surface area contributed by atoms with Crippen LogP contribution in [0.3, 0.4) is 0 Å². The summed E-state index contributed by atoms with van der Waals surface area (Å²) in [4.78, 5) is 12.1. The van der Waals surface area contributed by atoms with Crippen molar-refractivity contribution >= 4 is 29.1 Å². The topological polar surface area (TPSA) is 47.6 Å². The summed E-state index contributed by atoms with van der Waals surface area (Å²) in [5.41, 5.74) is 0.374. The number of rotatable bonds is 3. The molecule has 1 atom stereocenters. The van der Waals surface area contributed by atoms with Crippen molar-refractivity contribution in [3.8, 4) is 0 Å². The number of nitrogens with one attached hydrogen (secondary N) is 1. The molecule has 1 aliphatic carbocycles. The van der Waals surface area contributed by atoms with Gasteiger partial charge in [0.2, 0.25) is 0 Å². The largest absolute Gasteiger partial charge is 0.349 e. The maximum Gasteiger partial charge on any atom is 0.252 e. The van der Waals surface area contributed by atoms with E-state index in [2.05, 4.69) is 5.32 Å². The van der Waals surface area contributed by atoms with Crippen molar-refractivity contribution in [1.82, 2.24) is 5.32 Å². The highest BCUT2D eigenvalue weighted by Gasteiger charge is 2.43. The van der Waals surface area contributed by atoms with Crippen LogP contribution in [0, 0.1) is 0 Å². The van der Waals surface area contributed by atoms with E-state index in [4.69, 9.17) is 32.7 Å². The summed E-state index contributed by atoms with van der Waals surface area (Å²) < 4.78 is 11.7. The van der Waals surface area contributed by atoms with Crippen molar-refractivity contribution in [3.05, 3.63) is 33.8 Å². The van der Waals surface area contributed by atoms with Crippen molar-refractivity contribution in [2.45, 2.75) is 37.6 Å². The minimum Gasteiger partial charge on any atom is -0.349 e. The summed E-state index contributed by atoms with van der Waals surface area (Å²) in [5.74, 6) is -0.651. The number of hydrogen-bond donors (Lipinski definition) is 1. The number of halogens is 2. The quantitative estimate of drug-likeness (QED) is 0.924. The minimum atomic E-state index is -0.400. The first kappa shape index (κ1) is 15.1. The van der Waals surface area contributed by atoms with Gasteiger partial charge in [-0.3, -0.25) is 4.79 Å². The molecule has 1 spiro atoms. The molecule has 1 heterocycles. The molecular formula is C15H17Cl2NO3. The zero-order valence-corrected chi connectivity index (χ0v) is 13.0. The van der Waals surface area contributed by atoms with Gasteiger partial charge in [-0.15, -0.1) is 0 Å². The van der Waals surface area contributed by atoms with Gasteiger partial charge in [-0.05, 0) is 31.0 Å². The lowest BCUT2D eigenvalue weighted by atomic mass is 10.2. The number of carbonyl (C=O) groups is 1. The summed E-state index contributed by atoms with van der Waals surface area (Å²) in [6.45, 7) is 0.924. The van der Waals surface area contributed by atoms with E-state index in [1.807, 2.05) is 0 Å². The third-order valence-electron chi connectivity index (χ3n) is 3.94. The molecule has 0 aromatic heterocycles. The number of benzene rings is 1. The molecule has 1 amide bonds. The van der Waals surface area contributed by atoms with E-state index in [0.29, 0.717) is 28.8 Å². The Morgan fingerprint density at radius 3 is 2.86 bits per heavy atom. The van der Waals surface area contributed by atoms with Gasteiger partial charge in [0.15, 0.2) is 5.79 Å². The van der Waals surface area contributed by atoms with Gasteiger partial charge in [0.05, 0.1) is 17.2 Å². The van der Waals surface area contributed by atoms with Crippen LogP contribution in [0.2, 0.25) is 10.0 Å². The first-order chi connectivity index (χ1) is 10.1. The maximum atomic E-state index is 12.1. The van der Waals surface area contributed by atoms with Crippen molar-refractivity contribution in [2.24, 2.45) is 0 Å². The average Bonchev–Trinajstić information content (AvgIpc) is 3.09. The molecular weight excluding hydrogens is 313 g/mol. The molecule has 1 N–H and O–H groups in total. The first-order valence-electron chi connectivity index (χ1n) is 7.13. The Hall–Kier alpha value is -0.810. The van der Waals surface area contributed by atoms with Crippen LogP contribution in [0.1, 0.15) is 36.0 Å². The van der Waals surface area contributed by atoms with Crippen molar-refractivity contribution in [1.29, 1.82) is 0 Å². The molecule has 0 bridgehead atoms. The summed E-state index contributed by atoms with van der Waals surface area (Å²) >= 11 is 11.9. The fourth-order valence-corrected chi connectivity index (χ4v) is 3.24. The van der Waals surface area contributed by atoms with Crippen LogP contribution < -0.4 is 5.32 Å². The number of hydrogen-bond acceptors (Lipinski definition) is 3. The van der Waals surface area contributed by atoms with Crippen LogP contribution in [-0.2, 0) is 9.47 Å². The average molecular weight is 330 g/mol. The highest BCUT2D eigenvalue weighted by Crippen LogP contribution is 2.39. The molecule has 3 rings (SSSR count). The molecule has 1 aromatic rings. The number of amides is 1. The molecule has 2 aliphatic rings. The van der Waals surface area contributed by atoms with Crippen molar-refractivity contribution in [3.63, 3.8) is 0 Å². The Balaban J connectivity index is 1.56. The van der Waals surface area contributed by atoms with Gasteiger partial charge in [-0.2, -0.15) is 0 Å². The predicted octanol–water partition coefficient (Wildman–Crippen LogP) is 3.41. The number of carbonyl (C=O) groups excluding carboxylic acids is 1. The van der Waals surface area contributed by atoms with E-state index < -0.39 is 5.79 Å². The highest BCUT2D eigenvalue weighted by molar-refractivity contribution is 6.35. The van der Waals surface area contributed by atoms with Crippen molar-refractivity contribution < 1.29 is 14.3 Å². The molecule has 1 saturated carbocycles. The van der Waals surface area contributed by atoms with E-state index in [1.165, 1.54) is 0 Å². The second-order valence-corrected chi connectivity index (χ2v) is 6.35. The lowest BCUT2D eigenvalue weighted by Gasteiger charge is -2.22. The lowest BCUT2D eigenvalue weighted by Crippen LogP contribution is -2.35. The Bertz CT molecular complexity index is 544. The summed E-state index contributed by atoms with van der Waals surface area (Å²) in [5, 5.41) is 3.69. The zero-order valence-electron chi connectivity index (χ0n) is 11.5. The molecule has 114 valence electrons. The fraction of sp³-hybridized carbons (Fsp3) is 0.533. The highest BCUT2D eigenvalue weighted by atomic mass is 35.5. The smallest absolute Gasteiger partial charge is 0.252 e. The third-order valence-corrected chi connectivity index (χ3v) is 4.51. The van der Waals surface area contributed by atoms with E-state index in [9.17, 15) is 4.79 Å². The first-order valence-corrected chi connectivity index (χ1v) is 7.89. The second kappa shape index (κ2) is 6.13. The van der Waals surface area contributed by atoms with Crippen LogP contribution >= 0.6 is 23.2 Å². The van der Waals surface area contributed by atoms with Crippen LogP contribution in [0.4, 0.5) is 0 Å². The summed E-state index contributed by atoms with van der Waals surface area (Å²) in [6.07, 6.45) is 4.05. The van der Waals surface area contributed by atoms with Gasteiger partial charge in [-0.25, -0.2) is 0 Å². The van der Waals surface area contributed by atoms with Crippen molar-refractivity contribution in [2.75, 3.05) is 13.2 Å². The molecule has 1 aromatic carbocycles. The van der Waals surface area contributed by atoms with Gasteiger partial charge >= 0.3 is 0 Å². The molecule has 4 nitrogen and oxygen atoms in total. The molecule has 0 radical (unpaired) electrons. The van der Waals surface area contributed by atoms with Gasteiger partial charge < -0.3 is 14.8 Å². The molecule has 21 heavy (non-hydrogen) atoms. The van der Waals surface area contributed by atoms with Crippen LogP contribution in [0.5, 0.6) is 0 Å². The minimum absolute atomic E-state index is 0.106. The zero-order chi connectivity index (χ0) is 14.9. The van der Waals surface area contributed by atoms with E-state index in [1.54, 1.807) is 18.2 Å². The second-order valence-electron chi connectivity index (χ2n) is 5.50. The summed E-state index contributed by atoms with van der Waals surface area (Å²) in [6, 6.07) is 4.82.